The van der Waals surface area contributed by atoms with Gasteiger partial charge in [0, 0.05) is 29.7 Å². The van der Waals surface area contributed by atoms with E-state index in [0.29, 0.717) is 13.1 Å². The molecule has 0 atom stereocenters. The third-order valence-corrected chi connectivity index (χ3v) is 4.02. The number of ether oxygens (including phenoxy) is 1. The summed E-state index contributed by atoms with van der Waals surface area (Å²) in [5.74, 6) is 1.49. The van der Waals surface area contributed by atoms with Gasteiger partial charge in [-0.15, -0.1) is 0 Å². The summed E-state index contributed by atoms with van der Waals surface area (Å²) in [5.41, 5.74) is 0.890. The Hall–Kier alpha value is -2.34. The number of nitrogens with zero attached hydrogens (tertiary/aromatic N) is 1. The van der Waals surface area contributed by atoms with Gasteiger partial charge in [0.2, 0.25) is 0 Å². The second-order valence-electron chi connectivity index (χ2n) is 4.72. The van der Waals surface area contributed by atoms with Crippen molar-refractivity contribution >= 4 is 23.8 Å². The van der Waals surface area contributed by atoms with Crippen molar-refractivity contribution in [1.29, 1.82) is 0 Å². The van der Waals surface area contributed by atoms with E-state index in [-0.39, 0.29) is 6.03 Å². The van der Waals surface area contributed by atoms with E-state index in [1.54, 1.807) is 12.0 Å². The SMILES string of the molecule is COc1cccc(OSc2ccc(N3CCNC3=O)cc2)c1. The molecule has 1 fully saturated rings. The molecule has 0 unspecified atom stereocenters. The van der Waals surface area contributed by atoms with Gasteiger partial charge in [0.1, 0.15) is 11.5 Å². The molecule has 1 aliphatic rings. The first-order valence-electron chi connectivity index (χ1n) is 6.90. The average molecular weight is 316 g/mol. The highest BCUT2D eigenvalue weighted by Crippen LogP contribution is 2.28. The maximum atomic E-state index is 11.6. The molecule has 0 bridgehead atoms. The van der Waals surface area contributed by atoms with Crippen LogP contribution in [0.25, 0.3) is 0 Å². The van der Waals surface area contributed by atoms with Gasteiger partial charge in [0.15, 0.2) is 0 Å². The van der Waals surface area contributed by atoms with Crippen molar-refractivity contribution in [2.24, 2.45) is 0 Å². The number of urea groups is 1. The molecule has 0 spiro atoms. The molecule has 1 aliphatic heterocycles. The van der Waals surface area contributed by atoms with Crippen LogP contribution in [0.15, 0.2) is 53.4 Å². The summed E-state index contributed by atoms with van der Waals surface area (Å²) in [4.78, 5) is 14.3. The van der Waals surface area contributed by atoms with E-state index >= 15 is 0 Å². The van der Waals surface area contributed by atoms with Crippen LogP contribution in [0.2, 0.25) is 0 Å². The zero-order valence-electron chi connectivity index (χ0n) is 12.1. The monoisotopic (exact) mass is 316 g/mol. The zero-order valence-corrected chi connectivity index (χ0v) is 12.9. The second kappa shape index (κ2) is 6.62. The van der Waals surface area contributed by atoms with E-state index in [1.165, 1.54) is 12.0 Å². The fourth-order valence-corrected chi connectivity index (χ4v) is 2.69. The molecule has 114 valence electrons. The lowest BCUT2D eigenvalue weighted by Gasteiger charge is -2.14. The highest BCUT2D eigenvalue weighted by Gasteiger charge is 2.20. The normalized spacial score (nSPS) is 13.9. The Kier molecular flexibility index (Phi) is 4.39. The van der Waals surface area contributed by atoms with Crippen molar-refractivity contribution in [1.82, 2.24) is 5.32 Å². The number of rotatable bonds is 5. The highest BCUT2D eigenvalue weighted by atomic mass is 32.2. The van der Waals surface area contributed by atoms with Crippen molar-refractivity contribution in [3.05, 3.63) is 48.5 Å². The van der Waals surface area contributed by atoms with Gasteiger partial charge in [-0.05, 0) is 36.4 Å². The lowest BCUT2D eigenvalue weighted by atomic mass is 10.3. The first-order valence-corrected chi connectivity index (χ1v) is 7.64. The third-order valence-electron chi connectivity index (χ3n) is 3.28. The fraction of sp³-hybridized carbons (Fsp3) is 0.188. The molecule has 2 amide bonds. The largest absolute Gasteiger partial charge is 0.497 e. The van der Waals surface area contributed by atoms with Crippen LogP contribution in [0.3, 0.4) is 0 Å². The van der Waals surface area contributed by atoms with Crippen LogP contribution in [0.1, 0.15) is 0 Å². The van der Waals surface area contributed by atoms with E-state index in [1.807, 2.05) is 48.5 Å². The zero-order chi connectivity index (χ0) is 15.4. The smallest absolute Gasteiger partial charge is 0.321 e. The lowest BCUT2D eigenvalue weighted by molar-refractivity contribution is 0.252. The van der Waals surface area contributed by atoms with E-state index in [9.17, 15) is 4.79 Å². The first-order chi connectivity index (χ1) is 10.8. The van der Waals surface area contributed by atoms with Gasteiger partial charge in [0.25, 0.3) is 0 Å². The Labute approximate surface area is 133 Å². The molecule has 22 heavy (non-hydrogen) atoms. The Morgan fingerprint density at radius 2 is 1.91 bits per heavy atom. The van der Waals surface area contributed by atoms with Gasteiger partial charge in [-0.1, -0.05) is 6.07 Å². The highest BCUT2D eigenvalue weighted by molar-refractivity contribution is 7.95. The summed E-state index contributed by atoms with van der Waals surface area (Å²) in [6, 6.07) is 15.1. The molecule has 0 saturated carbocycles. The van der Waals surface area contributed by atoms with Gasteiger partial charge in [-0.25, -0.2) is 4.79 Å². The molecule has 2 aromatic carbocycles. The Balaban J connectivity index is 1.62. The Morgan fingerprint density at radius 3 is 2.59 bits per heavy atom. The number of hydrogen-bond acceptors (Lipinski definition) is 4. The molecule has 1 N–H and O–H groups in total. The average Bonchev–Trinajstić information content (AvgIpc) is 3.00. The van der Waals surface area contributed by atoms with Crippen LogP contribution in [0, 0.1) is 0 Å². The van der Waals surface area contributed by atoms with Crippen molar-refractivity contribution < 1.29 is 13.7 Å². The molecule has 0 aromatic heterocycles. The third kappa shape index (κ3) is 3.28. The number of nitrogens with one attached hydrogen (secondary N) is 1. The second-order valence-corrected chi connectivity index (χ2v) is 5.53. The molecule has 3 rings (SSSR count). The van der Waals surface area contributed by atoms with Gasteiger partial charge < -0.3 is 14.2 Å². The van der Waals surface area contributed by atoms with Crippen LogP contribution in [0.4, 0.5) is 10.5 Å². The lowest BCUT2D eigenvalue weighted by Crippen LogP contribution is -2.27. The summed E-state index contributed by atoms with van der Waals surface area (Å²) in [6.45, 7) is 1.39. The molecule has 1 heterocycles. The van der Waals surface area contributed by atoms with E-state index in [2.05, 4.69) is 5.32 Å². The molecule has 5 nitrogen and oxygen atoms in total. The van der Waals surface area contributed by atoms with Crippen molar-refractivity contribution in [3.63, 3.8) is 0 Å². The maximum Gasteiger partial charge on any atom is 0.321 e. The minimum atomic E-state index is -0.0481. The fourth-order valence-electron chi connectivity index (χ4n) is 2.15. The van der Waals surface area contributed by atoms with Gasteiger partial charge in [0.05, 0.1) is 19.2 Å². The predicted molar refractivity (Wildman–Crippen MR) is 86.7 cm³/mol. The van der Waals surface area contributed by atoms with Gasteiger partial charge in [-0.3, -0.25) is 4.90 Å². The summed E-state index contributed by atoms with van der Waals surface area (Å²) in [7, 11) is 1.62. The molecular formula is C16H16N2O3S. The number of hydrogen-bond donors (Lipinski definition) is 1. The molecule has 6 heteroatoms. The van der Waals surface area contributed by atoms with Crippen molar-refractivity contribution in [2.45, 2.75) is 4.90 Å². The van der Waals surface area contributed by atoms with Crippen LogP contribution in [-0.4, -0.2) is 26.2 Å². The molecular weight excluding hydrogens is 300 g/mol. The summed E-state index contributed by atoms with van der Waals surface area (Å²) >= 11 is 1.27. The predicted octanol–water partition coefficient (Wildman–Crippen LogP) is 3.31. The van der Waals surface area contributed by atoms with E-state index in [4.69, 9.17) is 8.92 Å². The molecule has 1 saturated heterocycles. The van der Waals surface area contributed by atoms with E-state index < -0.39 is 0 Å². The Bertz CT molecular complexity index is 661. The van der Waals surface area contributed by atoms with Crippen LogP contribution < -0.4 is 19.1 Å². The number of amides is 2. The summed E-state index contributed by atoms with van der Waals surface area (Å²) < 4.78 is 10.8. The van der Waals surface area contributed by atoms with E-state index in [0.717, 1.165) is 22.1 Å². The number of methoxy groups -OCH3 is 1. The number of carbonyl (C=O) groups is 1. The summed E-state index contributed by atoms with van der Waals surface area (Å²) in [6.07, 6.45) is 0. The van der Waals surface area contributed by atoms with Gasteiger partial charge in [-0.2, -0.15) is 0 Å². The minimum Gasteiger partial charge on any atom is -0.497 e. The quantitative estimate of drug-likeness (QED) is 0.860. The topological polar surface area (TPSA) is 50.8 Å². The maximum absolute atomic E-state index is 11.6. The number of carbonyl (C=O) groups excluding carboxylic acids is 1. The standard InChI is InChI=1S/C16H16N2O3S/c1-20-13-3-2-4-14(11-13)21-22-15-7-5-12(6-8-15)18-10-9-17-16(18)19/h2-8,11H,9-10H2,1H3,(H,17,19). The Morgan fingerprint density at radius 1 is 1.14 bits per heavy atom. The first kappa shape index (κ1) is 14.6. The molecule has 0 radical (unpaired) electrons. The molecule has 2 aromatic rings. The number of benzene rings is 2. The van der Waals surface area contributed by atoms with Crippen molar-refractivity contribution in [3.8, 4) is 11.5 Å². The number of anilines is 1. The molecule has 0 aliphatic carbocycles. The van der Waals surface area contributed by atoms with Crippen LogP contribution in [0.5, 0.6) is 11.5 Å². The van der Waals surface area contributed by atoms with Crippen LogP contribution >= 0.6 is 12.0 Å². The van der Waals surface area contributed by atoms with Crippen molar-refractivity contribution in [2.75, 3.05) is 25.1 Å². The summed E-state index contributed by atoms with van der Waals surface area (Å²) in [5, 5.41) is 2.79. The van der Waals surface area contributed by atoms with Crippen LogP contribution in [-0.2, 0) is 0 Å². The van der Waals surface area contributed by atoms with Gasteiger partial charge >= 0.3 is 6.03 Å². The minimum absolute atomic E-state index is 0.0481.